The number of rotatable bonds is 17. The molecule has 0 unspecified atom stereocenters. The summed E-state index contributed by atoms with van der Waals surface area (Å²) in [4.78, 5) is 32.2. The molecule has 1 amide bonds. The second-order valence-corrected chi connectivity index (χ2v) is 22.8. The molecule has 0 spiro atoms. The molecule has 6 nitrogen and oxygen atoms in total. The van der Waals surface area contributed by atoms with E-state index >= 15 is 0 Å². The number of fused-ring (bicyclic) bond motifs is 7. The Labute approximate surface area is 417 Å². The van der Waals surface area contributed by atoms with Gasteiger partial charge in [-0.15, -0.1) is 57.5 Å². The van der Waals surface area contributed by atoms with Gasteiger partial charge in [0.2, 0.25) is 0 Å². The third kappa shape index (κ3) is 10.3. The van der Waals surface area contributed by atoms with E-state index in [1.54, 1.807) is 46.6 Å². The number of alkyl carbamates (subject to hydrolysis) is 1. The standard InChI is InChI=1S/C54H41ClN2O4S6/c1-2-49(58)60-26-25-56-52(59)61-30-54(33-64-53-57-45-29-36(55)23-24-48(45)67-53,31-62-37-13-7-11-34(27-37)39-17-9-19-43-41-15-3-5-21-46(41)65-50(39)43)32-63-38-14-8-12-35(28-38)40-18-10-20-44-42-16-4-6-22-47(42)66-51(40)44/h2-24,27-29H,1,25-26,30-33H2,(H,56,59). The van der Waals surface area contributed by atoms with E-state index in [2.05, 4.69) is 145 Å². The predicted octanol–water partition coefficient (Wildman–Crippen LogP) is 16.1. The second kappa shape index (κ2) is 20.5. The average molecular weight is 1010 g/mol. The summed E-state index contributed by atoms with van der Waals surface area (Å²) in [5, 5.41) is 8.49. The maximum atomic E-state index is 13.4. The van der Waals surface area contributed by atoms with E-state index in [1.807, 2.05) is 40.9 Å². The van der Waals surface area contributed by atoms with Crippen LogP contribution < -0.4 is 5.32 Å². The lowest BCUT2D eigenvalue weighted by molar-refractivity contribution is -0.137. The fourth-order valence-electron chi connectivity index (χ4n) is 7.97. The van der Waals surface area contributed by atoms with Gasteiger partial charge in [-0.25, -0.2) is 14.6 Å². The first kappa shape index (κ1) is 45.5. The van der Waals surface area contributed by atoms with E-state index in [0.29, 0.717) is 22.3 Å². The minimum atomic E-state index is -0.578. The highest BCUT2D eigenvalue weighted by Gasteiger charge is 2.34. The van der Waals surface area contributed by atoms with Crippen LogP contribution in [0.5, 0.6) is 0 Å². The molecule has 0 radical (unpaired) electrons. The molecule has 0 aliphatic rings. The van der Waals surface area contributed by atoms with Crippen LogP contribution in [-0.4, -0.2) is 54.1 Å². The van der Waals surface area contributed by atoms with E-state index in [1.165, 1.54) is 51.5 Å². The fourth-order valence-corrected chi connectivity index (χ4v) is 15.5. The number of carbonyl (C=O) groups is 2. The van der Waals surface area contributed by atoms with E-state index in [-0.39, 0.29) is 19.8 Å². The summed E-state index contributed by atoms with van der Waals surface area (Å²) < 4.78 is 18.3. The van der Waals surface area contributed by atoms with Gasteiger partial charge in [0.1, 0.15) is 13.2 Å². The Morgan fingerprint density at radius 1 is 0.627 bits per heavy atom. The molecule has 0 fully saturated rings. The molecule has 3 aromatic heterocycles. The molecule has 13 heteroatoms. The number of halogens is 1. The minimum Gasteiger partial charge on any atom is -0.461 e. The maximum absolute atomic E-state index is 13.4. The highest BCUT2D eigenvalue weighted by molar-refractivity contribution is 8.02. The van der Waals surface area contributed by atoms with E-state index in [4.69, 9.17) is 26.1 Å². The second-order valence-electron chi connectivity index (χ2n) is 15.9. The zero-order chi connectivity index (χ0) is 45.7. The number of amides is 1. The van der Waals surface area contributed by atoms with Gasteiger partial charge >= 0.3 is 12.1 Å². The number of benzene rings is 7. The number of esters is 1. The maximum Gasteiger partial charge on any atom is 0.407 e. The van der Waals surface area contributed by atoms with Crippen molar-refractivity contribution in [1.29, 1.82) is 0 Å². The number of hydrogen-bond donors (Lipinski definition) is 1. The van der Waals surface area contributed by atoms with Gasteiger partial charge < -0.3 is 14.8 Å². The smallest absolute Gasteiger partial charge is 0.407 e. The van der Waals surface area contributed by atoms with Gasteiger partial charge in [-0.05, 0) is 76.9 Å². The van der Waals surface area contributed by atoms with Crippen LogP contribution >= 0.6 is 80.9 Å². The van der Waals surface area contributed by atoms with Crippen LogP contribution in [0.2, 0.25) is 5.02 Å². The highest BCUT2D eigenvalue weighted by Crippen LogP contribution is 2.45. The summed E-state index contributed by atoms with van der Waals surface area (Å²) in [6, 6.07) is 53.7. The van der Waals surface area contributed by atoms with Crippen LogP contribution in [0.25, 0.3) is 72.8 Å². The lowest BCUT2D eigenvalue weighted by atomic mass is 9.97. The fraction of sp³-hybridized carbons (Fsp3) is 0.130. The summed E-state index contributed by atoms with van der Waals surface area (Å²) >= 11 is 16.9. The highest BCUT2D eigenvalue weighted by atomic mass is 35.5. The van der Waals surface area contributed by atoms with Crippen molar-refractivity contribution >= 4 is 144 Å². The van der Waals surface area contributed by atoms with Gasteiger partial charge in [-0.3, -0.25) is 0 Å². The number of thiophene rings is 2. The lowest BCUT2D eigenvalue weighted by Crippen LogP contribution is -2.39. The van der Waals surface area contributed by atoms with Crippen molar-refractivity contribution in [1.82, 2.24) is 10.3 Å². The summed E-state index contributed by atoms with van der Waals surface area (Å²) in [7, 11) is 0. The van der Waals surface area contributed by atoms with Crippen LogP contribution in [-0.2, 0) is 14.3 Å². The molecule has 7 aromatic carbocycles. The third-order valence-corrected chi connectivity index (χ3v) is 19.2. The van der Waals surface area contributed by atoms with E-state index in [0.717, 1.165) is 41.6 Å². The SMILES string of the molecule is C=CC(=O)OCCNC(=O)OCC(CSc1cccc(-c2cccc3c2sc2ccccc23)c1)(CSc1cccc(-c2cccc3c2sc2ccccc23)c1)CSc1nc2cc(Cl)ccc2s1. The minimum absolute atomic E-state index is 0.00535. The number of ether oxygens (including phenoxy) is 2. The van der Waals surface area contributed by atoms with Crippen molar-refractivity contribution < 1.29 is 19.1 Å². The molecule has 0 aliphatic heterocycles. The molecule has 3 heterocycles. The number of thioether (sulfide) groups is 3. The van der Waals surface area contributed by atoms with Crippen LogP contribution in [0.4, 0.5) is 4.79 Å². The Kier molecular flexibility index (Phi) is 13.9. The van der Waals surface area contributed by atoms with E-state index in [9.17, 15) is 9.59 Å². The number of aromatic nitrogens is 1. The van der Waals surface area contributed by atoms with Crippen molar-refractivity contribution in [2.24, 2.45) is 5.41 Å². The molecule has 10 rings (SSSR count). The van der Waals surface area contributed by atoms with Crippen molar-refractivity contribution in [3.8, 4) is 22.3 Å². The van der Waals surface area contributed by atoms with Gasteiger partial charge in [0.25, 0.3) is 0 Å². The van der Waals surface area contributed by atoms with Crippen molar-refractivity contribution in [3.05, 3.63) is 169 Å². The van der Waals surface area contributed by atoms with Crippen molar-refractivity contribution in [3.63, 3.8) is 0 Å². The Bertz CT molecular complexity index is 3290. The first-order chi connectivity index (χ1) is 32.8. The zero-order valence-electron chi connectivity index (χ0n) is 35.9. The quantitative estimate of drug-likeness (QED) is 0.0418. The average Bonchev–Trinajstić information content (AvgIpc) is 4.08. The molecule has 10 aromatic rings. The molecule has 0 saturated heterocycles. The van der Waals surface area contributed by atoms with E-state index < -0.39 is 17.5 Å². The molecule has 0 atom stereocenters. The van der Waals surface area contributed by atoms with Gasteiger partial charge in [0.05, 0.1) is 16.8 Å². The predicted molar refractivity (Wildman–Crippen MR) is 289 cm³/mol. The number of carbonyl (C=O) groups excluding carboxylic acids is 2. The molecular weight excluding hydrogens is 968 g/mol. The number of nitrogens with zero attached hydrogens (tertiary/aromatic N) is 1. The first-order valence-electron chi connectivity index (χ1n) is 21.5. The third-order valence-electron chi connectivity index (χ3n) is 11.3. The first-order valence-corrected chi connectivity index (χ1v) is 27.3. The van der Waals surface area contributed by atoms with Crippen LogP contribution in [0.15, 0.2) is 178 Å². The molecule has 1 N–H and O–H groups in total. The van der Waals surface area contributed by atoms with Crippen molar-refractivity contribution in [2.45, 2.75) is 14.1 Å². The van der Waals surface area contributed by atoms with Crippen molar-refractivity contribution in [2.75, 3.05) is 37.0 Å². The lowest BCUT2D eigenvalue weighted by Gasteiger charge is -2.32. The van der Waals surface area contributed by atoms with Crippen LogP contribution in [0.3, 0.4) is 0 Å². The Balaban J connectivity index is 0.970. The molecule has 0 bridgehead atoms. The van der Waals surface area contributed by atoms with Crippen LogP contribution in [0, 0.1) is 5.41 Å². The molecular formula is C54H41ClN2O4S6. The normalized spacial score (nSPS) is 11.8. The van der Waals surface area contributed by atoms with Gasteiger partial charge in [0, 0.05) is 83.9 Å². The zero-order valence-corrected chi connectivity index (χ0v) is 41.5. The topological polar surface area (TPSA) is 77.5 Å². The summed E-state index contributed by atoms with van der Waals surface area (Å²) in [5.41, 5.74) is 5.04. The summed E-state index contributed by atoms with van der Waals surface area (Å²) in [6.07, 6.45) is 0.519. The largest absolute Gasteiger partial charge is 0.461 e. The number of nitrogens with one attached hydrogen (secondary N) is 1. The molecule has 67 heavy (non-hydrogen) atoms. The van der Waals surface area contributed by atoms with Crippen LogP contribution in [0.1, 0.15) is 0 Å². The Hall–Kier alpha value is -5.31. The summed E-state index contributed by atoms with van der Waals surface area (Å²) in [6.45, 7) is 3.69. The monoisotopic (exact) mass is 1010 g/mol. The molecule has 0 saturated carbocycles. The Morgan fingerprint density at radius 3 is 1.81 bits per heavy atom. The molecule has 0 aliphatic carbocycles. The summed E-state index contributed by atoms with van der Waals surface area (Å²) in [5.74, 6) is 1.36. The number of hydrogen-bond acceptors (Lipinski definition) is 11. The number of thiazole rings is 1. The van der Waals surface area contributed by atoms with Gasteiger partial charge in [-0.1, -0.05) is 127 Å². The Morgan fingerprint density at radius 2 is 1.19 bits per heavy atom. The van der Waals surface area contributed by atoms with Gasteiger partial charge in [0.15, 0.2) is 4.34 Å². The van der Waals surface area contributed by atoms with Gasteiger partial charge in [-0.2, -0.15) is 0 Å². The molecule has 334 valence electrons.